The van der Waals surface area contributed by atoms with Gasteiger partial charge in [-0.2, -0.15) is 0 Å². The summed E-state index contributed by atoms with van der Waals surface area (Å²) < 4.78 is 11.6. The highest BCUT2D eigenvalue weighted by Crippen LogP contribution is 2.34. The molecule has 5 nitrogen and oxygen atoms in total. The van der Waals surface area contributed by atoms with Crippen molar-refractivity contribution in [1.29, 1.82) is 0 Å². The molecular formula is C20H18BrNO4S. The van der Waals surface area contributed by atoms with Crippen molar-refractivity contribution in [3.05, 3.63) is 62.1 Å². The molecule has 0 fully saturated rings. The third-order valence-corrected chi connectivity index (χ3v) is 5.94. The number of rotatable bonds is 4. The molecule has 2 aromatic heterocycles. The molecule has 0 saturated carbocycles. The minimum Gasteiger partial charge on any atom is -0.465 e. The Balaban J connectivity index is 1.91. The van der Waals surface area contributed by atoms with Crippen LogP contribution in [0.5, 0.6) is 0 Å². The number of carbonyl (C=O) groups is 2. The number of aryl methyl sites for hydroxylation is 2. The molecule has 0 atom stereocenters. The van der Waals surface area contributed by atoms with Crippen LogP contribution in [-0.2, 0) is 4.74 Å². The SMILES string of the molecule is COC(=O)c1c(NC(=O)c2cc(-c3ccc(Br)cc3)oc2C)sc(C)c1C. The van der Waals surface area contributed by atoms with Crippen molar-refractivity contribution in [2.24, 2.45) is 0 Å². The van der Waals surface area contributed by atoms with Gasteiger partial charge in [-0.15, -0.1) is 11.3 Å². The third kappa shape index (κ3) is 3.84. The molecule has 27 heavy (non-hydrogen) atoms. The van der Waals surface area contributed by atoms with E-state index in [4.69, 9.17) is 9.15 Å². The fraction of sp³-hybridized carbons (Fsp3) is 0.200. The van der Waals surface area contributed by atoms with Crippen LogP contribution in [0.4, 0.5) is 5.00 Å². The molecule has 1 aromatic carbocycles. The third-order valence-electron chi connectivity index (χ3n) is 4.29. The summed E-state index contributed by atoms with van der Waals surface area (Å²) in [5.74, 6) is 0.324. The number of hydrogen-bond donors (Lipinski definition) is 1. The standard InChI is InChI=1S/C20H18BrNO4S/c1-10-12(3)27-19(17(10)20(24)25-4)22-18(23)15-9-16(26-11(15)2)13-5-7-14(21)8-6-13/h5-9H,1-4H3,(H,22,23). The predicted octanol–water partition coefficient (Wildman–Crippen LogP) is 5.73. The van der Waals surface area contributed by atoms with Crippen molar-refractivity contribution in [2.45, 2.75) is 20.8 Å². The van der Waals surface area contributed by atoms with Crippen LogP contribution in [0.15, 0.2) is 39.2 Å². The maximum absolute atomic E-state index is 12.8. The molecule has 140 valence electrons. The average Bonchev–Trinajstić information content (AvgIpc) is 3.15. The zero-order chi connectivity index (χ0) is 19.7. The number of carbonyl (C=O) groups excluding carboxylic acids is 2. The number of hydrogen-bond acceptors (Lipinski definition) is 5. The van der Waals surface area contributed by atoms with Crippen molar-refractivity contribution in [2.75, 3.05) is 12.4 Å². The van der Waals surface area contributed by atoms with E-state index in [2.05, 4.69) is 21.2 Å². The molecule has 0 aliphatic heterocycles. The van der Waals surface area contributed by atoms with Crippen molar-refractivity contribution in [3.63, 3.8) is 0 Å². The number of ether oxygens (including phenoxy) is 1. The minimum absolute atomic E-state index is 0.328. The van der Waals surface area contributed by atoms with Crippen molar-refractivity contribution in [1.82, 2.24) is 0 Å². The van der Waals surface area contributed by atoms with Crippen LogP contribution in [0.2, 0.25) is 0 Å². The van der Waals surface area contributed by atoms with Crippen molar-refractivity contribution in [3.8, 4) is 11.3 Å². The number of benzene rings is 1. The van der Waals surface area contributed by atoms with Gasteiger partial charge in [0.2, 0.25) is 0 Å². The van der Waals surface area contributed by atoms with Crippen LogP contribution in [0, 0.1) is 20.8 Å². The molecule has 0 radical (unpaired) electrons. The summed E-state index contributed by atoms with van der Waals surface area (Å²) in [5.41, 5.74) is 2.50. The van der Waals surface area contributed by atoms with E-state index in [-0.39, 0.29) is 5.91 Å². The van der Waals surface area contributed by atoms with E-state index >= 15 is 0 Å². The summed E-state index contributed by atoms with van der Waals surface area (Å²) in [6.07, 6.45) is 0. The molecule has 0 aliphatic rings. The fourth-order valence-corrected chi connectivity index (χ4v) is 4.01. The number of nitrogens with one attached hydrogen (secondary N) is 1. The highest BCUT2D eigenvalue weighted by Gasteiger charge is 2.23. The first-order valence-corrected chi connectivity index (χ1v) is 9.78. The maximum atomic E-state index is 12.8. The van der Waals surface area contributed by atoms with Gasteiger partial charge in [-0.1, -0.05) is 28.1 Å². The Hall–Kier alpha value is -2.38. The predicted molar refractivity (Wildman–Crippen MR) is 110 cm³/mol. The van der Waals surface area contributed by atoms with Crippen molar-refractivity contribution < 1.29 is 18.7 Å². The smallest absolute Gasteiger partial charge is 0.341 e. The molecule has 0 bridgehead atoms. The van der Waals surface area contributed by atoms with Gasteiger partial charge in [-0.25, -0.2) is 4.79 Å². The van der Waals surface area contributed by atoms with Gasteiger partial charge >= 0.3 is 5.97 Å². The van der Waals surface area contributed by atoms with Gasteiger partial charge in [-0.3, -0.25) is 4.79 Å². The van der Waals surface area contributed by atoms with Gasteiger partial charge in [0, 0.05) is 14.9 Å². The number of methoxy groups -OCH3 is 1. The lowest BCUT2D eigenvalue weighted by Crippen LogP contribution is -2.14. The molecule has 3 rings (SSSR count). The minimum atomic E-state index is -0.466. The number of anilines is 1. The summed E-state index contributed by atoms with van der Waals surface area (Å²) in [7, 11) is 1.32. The number of thiophene rings is 1. The first-order valence-electron chi connectivity index (χ1n) is 8.17. The van der Waals surface area contributed by atoms with Crippen LogP contribution in [0.3, 0.4) is 0 Å². The Morgan fingerprint density at radius 1 is 1.15 bits per heavy atom. The first kappa shape index (κ1) is 19.4. The molecule has 0 aliphatic carbocycles. The summed E-state index contributed by atoms with van der Waals surface area (Å²) >= 11 is 4.75. The van der Waals surface area contributed by atoms with Crippen LogP contribution >= 0.6 is 27.3 Å². The molecule has 0 spiro atoms. The molecule has 1 amide bonds. The van der Waals surface area contributed by atoms with Gasteiger partial charge in [0.1, 0.15) is 16.5 Å². The molecule has 7 heteroatoms. The van der Waals surface area contributed by atoms with E-state index in [9.17, 15) is 9.59 Å². The second-order valence-corrected chi connectivity index (χ2v) is 8.16. The van der Waals surface area contributed by atoms with Crippen molar-refractivity contribution >= 4 is 44.1 Å². The molecular weight excluding hydrogens is 430 g/mol. The van der Waals surface area contributed by atoms with Gasteiger partial charge in [-0.05, 0) is 44.5 Å². The molecule has 3 aromatic rings. The second-order valence-electron chi connectivity index (χ2n) is 6.02. The van der Waals surface area contributed by atoms with E-state index in [0.717, 1.165) is 20.5 Å². The van der Waals surface area contributed by atoms with Gasteiger partial charge < -0.3 is 14.5 Å². The lowest BCUT2D eigenvalue weighted by molar-refractivity contribution is 0.0601. The van der Waals surface area contributed by atoms with Crippen LogP contribution in [0.25, 0.3) is 11.3 Å². The van der Waals surface area contributed by atoms with Gasteiger partial charge in [0.15, 0.2) is 0 Å². The van der Waals surface area contributed by atoms with E-state index in [0.29, 0.717) is 27.6 Å². The largest absolute Gasteiger partial charge is 0.465 e. The Labute approximate surface area is 169 Å². The number of furan rings is 1. The Morgan fingerprint density at radius 2 is 1.81 bits per heavy atom. The lowest BCUT2D eigenvalue weighted by atomic mass is 10.1. The van der Waals surface area contributed by atoms with E-state index in [1.165, 1.54) is 18.4 Å². The monoisotopic (exact) mass is 447 g/mol. The Bertz CT molecular complexity index is 1020. The first-order chi connectivity index (χ1) is 12.8. The topological polar surface area (TPSA) is 68.5 Å². The van der Waals surface area contributed by atoms with Gasteiger partial charge in [0.25, 0.3) is 5.91 Å². The van der Waals surface area contributed by atoms with Crippen LogP contribution < -0.4 is 5.32 Å². The zero-order valence-corrected chi connectivity index (χ0v) is 17.7. The van der Waals surface area contributed by atoms with E-state index in [1.54, 1.807) is 13.0 Å². The van der Waals surface area contributed by atoms with Crippen LogP contribution in [0.1, 0.15) is 36.9 Å². The highest BCUT2D eigenvalue weighted by atomic mass is 79.9. The molecule has 1 N–H and O–H groups in total. The maximum Gasteiger partial charge on any atom is 0.341 e. The average molecular weight is 448 g/mol. The quantitative estimate of drug-likeness (QED) is 0.518. The zero-order valence-electron chi connectivity index (χ0n) is 15.3. The van der Waals surface area contributed by atoms with E-state index in [1.807, 2.05) is 38.1 Å². The number of esters is 1. The lowest BCUT2D eigenvalue weighted by Gasteiger charge is -2.05. The Kier molecular flexibility index (Phi) is 5.53. The summed E-state index contributed by atoms with van der Waals surface area (Å²) in [5, 5.41) is 3.31. The highest BCUT2D eigenvalue weighted by molar-refractivity contribution is 9.10. The number of halogens is 1. The molecule has 0 saturated heterocycles. The Morgan fingerprint density at radius 3 is 2.44 bits per heavy atom. The fourth-order valence-electron chi connectivity index (χ4n) is 2.70. The van der Waals surface area contributed by atoms with Crippen LogP contribution in [-0.4, -0.2) is 19.0 Å². The second kappa shape index (κ2) is 7.70. The summed E-state index contributed by atoms with van der Waals surface area (Å²) in [6, 6.07) is 9.34. The van der Waals surface area contributed by atoms with E-state index < -0.39 is 5.97 Å². The molecule has 2 heterocycles. The summed E-state index contributed by atoms with van der Waals surface area (Å²) in [6.45, 7) is 5.47. The molecule has 0 unspecified atom stereocenters. The normalized spacial score (nSPS) is 10.7. The van der Waals surface area contributed by atoms with Gasteiger partial charge in [0.05, 0.1) is 18.2 Å². The summed E-state index contributed by atoms with van der Waals surface area (Å²) in [4.78, 5) is 25.8. The number of amides is 1.